The van der Waals surface area contributed by atoms with E-state index in [1.54, 1.807) is 17.8 Å². The fourth-order valence-electron chi connectivity index (χ4n) is 1.12. The van der Waals surface area contributed by atoms with Crippen LogP contribution in [0, 0.1) is 0 Å². The largest absolute Gasteiger partial charge is 0.350 e. The summed E-state index contributed by atoms with van der Waals surface area (Å²) >= 11 is 2.63. The van der Waals surface area contributed by atoms with Gasteiger partial charge in [0, 0.05) is 9.62 Å². The summed E-state index contributed by atoms with van der Waals surface area (Å²) in [4.78, 5) is 12.4. The molecule has 0 aliphatic rings. The summed E-state index contributed by atoms with van der Waals surface area (Å²) in [5.41, 5.74) is 0. The third-order valence-corrected chi connectivity index (χ3v) is 5.81. The number of hydrogen-bond acceptors (Lipinski definition) is 5. The van der Waals surface area contributed by atoms with Crippen LogP contribution in [0.3, 0.4) is 0 Å². The molecule has 0 aliphatic carbocycles. The third-order valence-electron chi connectivity index (χ3n) is 2.01. The Bertz CT molecular complexity index is 544. The van der Waals surface area contributed by atoms with Gasteiger partial charge < -0.3 is 5.32 Å². The van der Waals surface area contributed by atoms with Crippen molar-refractivity contribution in [3.63, 3.8) is 0 Å². The van der Waals surface area contributed by atoms with Gasteiger partial charge >= 0.3 is 0 Å². The quantitative estimate of drug-likeness (QED) is 0.860. The molecule has 8 heteroatoms. The van der Waals surface area contributed by atoms with E-state index in [1.807, 2.05) is 20.8 Å². The Kier molecular flexibility index (Phi) is 5.43. The number of nitrogens with one attached hydrogen (secondary N) is 1. The van der Waals surface area contributed by atoms with Gasteiger partial charge in [-0.05, 0) is 12.1 Å². The number of thioether (sulfide) groups is 1. The molecule has 1 aromatic heterocycles. The topological polar surface area (TPSA) is 89.3 Å². The zero-order valence-electron chi connectivity index (χ0n) is 11.1. The smallest absolute Gasteiger partial charge is 0.247 e. The number of amides is 1. The van der Waals surface area contributed by atoms with Gasteiger partial charge in [-0.15, -0.1) is 23.1 Å². The molecule has 1 rings (SSSR count). The van der Waals surface area contributed by atoms with E-state index < -0.39 is 10.0 Å². The maximum absolute atomic E-state index is 11.6. The van der Waals surface area contributed by atoms with Crippen molar-refractivity contribution in [1.29, 1.82) is 0 Å². The number of carbonyl (C=O) groups excluding carboxylic acids is 1. The highest BCUT2D eigenvalue weighted by molar-refractivity contribution is 8.01. The molecule has 5 nitrogen and oxygen atoms in total. The highest BCUT2D eigenvalue weighted by Crippen LogP contribution is 2.23. The maximum Gasteiger partial charge on any atom is 0.247 e. The van der Waals surface area contributed by atoms with Crippen LogP contribution in [0.4, 0.5) is 0 Å². The van der Waals surface area contributed by atoms with Gasteiger partial charge in [-0.1, -0.05) is 20.8 Å². The molecule has 1 amide bonds. The van der Waals surface area contributed by atoms with Gasteiger partial charge in [0.15, 0.2) is 0 Å². The van der Waals surface area contributed by atoms with E-state index in [4.69, 9.17) is 5.14 Å². The predicted molar refractivity (Wildman–Crippen MR) is 79.7 cm³/mol. The van der Waals surface area contributed by atoms with Crippen molar-refractivity contribution in [2.45, 2.75) is 36.3 Å². The van der Waals surface area contributed by atoms with Gasteiger partial charge in [-0.2, -0.15) is 0 Å². The predicted octanol–water partition coefficient (Wildman–Crippen LogP) is 1.54. The SMILES string of the molecule is CC(C)(C)SCC(=O)NCc1ccc(S(N)(=O)=O)s1. The Hall–Kier alpha value is -0.570. The monoisotopic (exact) mass is 322 g/mol. The summed E-state index contributed by atoms with van der Waals surface area (Å²) in [7, 11) is -3.65. The van der Waals surface area contributed by atoms with Gasteiger partial charge in [0.05, 0.1) is 12.3 Å². The minimum atomic E-state index is -3.65. The Labute approximate surface area is 122 Å². The molecule has 0 fully saturated rings. The fourth-order valence-corrected chi connectivity index (χ4v) is 3.51. The number of hydrogen-bond donors (Lipinski definition) is 2. The van der Waals surface area contributed by atoms with E-state index >= 15 is 0 Å². The molecule has 3 N–H and O–H groups in total. The lowest BCUT2D eigenvalue weighted by Gasteiger charge is -2.16. The van der Waals surface area contributed by atoms with Crippen molar-refractivity contribution in [2.75, 3.05) is 5.75 Å². The summed E-state index contributed by atoms with van der Waals surface area (Å²) in [5.74, 6) is 0.321. The molecule has 0 unspecified atom stereocenters. The second-order valence-electron chi connectivity index (χ2n) is 4.94. The van der Waals surface area contributed by atoms with E-state index in [-0.39, 0.29) is 14.9 Å². The van der Waals surface area contributed by atoms with Crippen LogP contribution in [0.15, 0.2) is 16.3 Å². The van der Waals surface area contributed by atoms with Crippen molar-refractivity contribution < 1.29 is 13.2 Å². The van der Waals surface area contributed by atoms with Gasteiger partial charge in [0.2, 0.25) is 15.9 Å². The van der Waals surface area contributed by atoms with Crippen LogP contribution >= 0.6 is 23.1 Å². The summed E-state index contributed by atoms with van der Waals surface area (Å²) in [6.45, 7) is 6.46. The highest BCUT2D eigenvalue weighted by atomic mass is 32.2. The summed E-state index contributed by atoms with van der Waals surface area (Å²) in [6.07, 6.45) is 0. The van der Waals surface area contributed by atoms with Gasteiger partial charge in [0.25, 0.3) is 0 Å². The zero-order chi connectivity index (χ0) is 14.7. The minimum Gasteiger partial charge on any atom is -0.350 e. The standard InChI is InChI=1S/C11H18N2O3S3/c1-11(2,3)17-7-9(14)13-6-8-4-5-10(18-8)19(12,15)16/h4-5H,6-7H2,1-3H3,(H,13,14)(H2,12,15,16). The van der Waals surface area contributed by atoms with E-state index in [9.17, 15) is 13.2 Å². The van der Waals surface area contributed by atoms with Gasteiger partial charge in [0.1, 0.15) is 4.21 Å². The van der Waals surface area contributed by atoms with E-state index in [0.29, 0.717) is 12.3 Å². The van der Waals surface area contributed by atoms with Crippen LogP contribution in [0.5, 0.6) is 0 Å². The van der Waals surface area contributed by atoms with Gasteiger partial charge in [-0.25, -0.2) is 13.6 Å². The molecular formula is C11H18N2O3S3. The van der Waals surface area contributed by atoms with Crippen molar-refractivity contribution >= 4 is 39.0 Å². The summed E-state index contributed by atoms with van der Waals surface area (Å²) in [5, 5.41) is 7.76. The molecule has 0 bridgehead atoms. The van der Waals surface area contributed by atoms with E-state index in [1.165, 1.54) is 6.07 Å². The number of thiophene rings is 1. The lowest BCUT2D eigenvalue weighted by Crippen LogP contribution is -2.26. The average Bonchev–Trinajstić information content (AvgIpc) is 2.70. The average molecular weight is 322 g/mol. The number of primary sulfonamides is 1. The molecular weight excluding hydrogens is 304 g/mol. The van der Waals surface area contributed by atoms with Crippen LogP contribution in [0.2, 0.25) is 0 Å². The van der Waals surface area contributed by atoms with E-state index in [2.05, 4.69) is 5.32 Å². The van der Waals surface area contributed by atoms with Crippen molar-refractivity contribution in [1.82, 2.24) is 5.32 Å². The second kappa shape index (κ2) is 6.25. The first kappa shape index (κ1) is 16.5. The number of carbonyl (C=O) groups is 1. The minimum absolute atomic E-state index is 0.0427. The Morgan fingerprint density at radius 3 is 2.53 bits per heavy atom. The summed E-state index contributed by atoms with van der Waals surface area (Å²) < 4.78 is 22.3. The van der Waals surface area contributed by atoms with Crippen molar-refractivity contribution in [3.05, 3.63) is 17.0 Å². The molecule has 0 spiro atoms. The molecule has 0 saturated heterocycles. The third kappa shape index (κ3) is 6.42. The molecule has 1 aromatic rings. The number of sulfonamides is 1. The van der Waals surface area contributed by atoms with Crippen molar-refractivity contribution in [3.8, 4) is 0 Å². The van der Waals surface area contributed by atoms with Crippen LogP contribution in [0.25, 0.3) is 0 Å². The summed E-state index contributed by atoms with van der Waals surface area (Å²) in [6, 6.07) is 3.10. The van der Waals surface area contributed by atoms with Crippen LogP contribution in [0.1, 0.15) is 25.6 Å². The van der Waals surface area contributed by atoms with Crippen molar-refractivity contribution in [2.24, 2.45) is 5.14 Å². The Morgan fingerprint density at radius 1 is 1.42 bits per heavy atom. The molecule has 0 radical (unpaired) electrons. The molecule has 0 atom stereocenters. The second-order valence-corrected chi connectivity index (χ2v) is 9.70. The highest BCUT2D eigenvalue weighted by Gasteiger charge is 2.14. The maximum atomic E-state index is 11.6. The van der Waals surface area contributed by atoms with Gasteiger partial charge in [-0.3, -0.25) is 4.79 Å². The van der Waals surface area contributed by atoms with E-state index in [0.717, 1.165) is 16.2 Å². The van der Waals surface area contributed by atoms with Crippen LogP contribution < -0.4 is 10.5 Å². The lowest BCUT2D eigenvalue weighted by atomic mass is 10.3. The lowest BCUT2D eigenvalue weighted by molar-refractivity contribution is -0.118. The molecule has 0 aliphatic heterocycles. The first-order chi connectivity index (χ1) is 8.58. The number of nitrogens with two attached hydrogens (primary N) is 1. The molecule has 0 saturated carbocycles. The van der Waals surface area contributed by atoms with Crippen LogP contribution in [-0.2, 0) is 21.4 Å². The molecule has 19 heavy (non-hydrogen) atoms. The first-order valence-electron chi connectivity index (χ1n) is 5.60. The Morgan fingerprint density at radius 2 is 2.05 bits per heavy atom. The molecule has 108 valence electrons. The zero-order valence-corrected chi connectivity index (χ0v) is 13.5. The molecule has 0 aromatic carbocycles. The number of rotatable bonds is 5. The fraction of sp³-hybridized carbons (Fsp3) is 0.545. The Balaban J connectivity index is 2.45. The first-order valence-corrected chi connectivity index (χ1v) is 8.95. The molecule has 1 heterocycles. The van der Waals surface area contributed by atoms with Crippen LogP contribution in [-0.4, -0.2) is 24.8 Å². The normalized spacial score (nSPS) is 12.4.